The van der Waals surface area contributed by atoms with Gasteiger partial charge in [-0.1, -0.05) is 13.0 Å². The van der Waals surface area contributed by atoms with E-state index in [1.807, 2.05) is 0 Å². The summed E-state index contributed by atoms with van der Waals surface area (Å²) in [5.74, 6) is 0.249. The zero-order valence-electron chi connectivity index (χ0n) is 13.0. The number of carbonyl (C=O) groups excluding carboxylic acids is 1. The van der Waals surface area contributed by atoms with E-state index in [0.29, 0.717) is 0 Å². The summed E-state index contributed by atoms with van der Waals surface area (Å²) in [6, 6.07) is 4.38. The number of hydrogen-bond donors (Lipinski definition) is 1. The molecule has 0 spiro atoms. The Labute approximate surface area is 130 Å². The molecule has 5 heteroatoms. The number of nitrogens with zero attached hydrogens (tertiary/aromatic N) is 1. The smallest absolute Gasteiger partial charge is 0.241 e. The second-order valence-corrected chi connectivity index (χ2v) is 7.53. The highest BCUT2D eigenvalue weighted by Crippen LogP contribution is 2.36. The first-order valence-corrected chi connectivity index (χ1v) is 8.65. The van der Waals surface area contributed by atoms with Crippen LogP contribution in [0.5, 0.6) is 0 Å². The average molecular weight is 308 g/mol. The highest BCUT2D eigenvalue weighted by atomic mass is 32.1. The molecular weight excluding hydrogens is 284 g/mol. The molecule has 21 heavy (non-hydrogen) atoms. The maximum Gasteiger partial charge on any atom is 0.241 e. The number of ether oxygens (including phenoxy) is 1. The molecule has 1 aromatic heterocycles. The molecule has 3 rings (SSSR count). The van der Waals surface area contributed by atoms with Crippen LogP contribution in [0.25, 0.3) is 0 Å². The summed E-state index contributed by atoms with van der Waals surface area (Å²) in [5.41, 5.74) is -0.145. The lowest BCUT2D eigenvalue weighted by Gasteiger charge is -2.41. The van der Waals surface area contributed by atoms with Gasteiger partial charge in [-0.15, -0.1) is 11.3 Å². The van der Waals surface area contributed by atoms with Crippen molar-refractivity contribution in [3.05, 3.63) is 22.4 Å². The summed E-state index contributed by atoms with van der Waals surface area (Å²) < 4.78 is 5.81. The summed E-state index contributed by atoms with van der Waals surface area (Å²) in [7, 11) is 0. The molecule has 1 amide bonds. The fraction of sp³-hybridized carbons (Fsp3) is 0.688. The van der Waals surface area contributed by atoms with Crippen molar-refractivity contribution in [1.82, 2.24) is 10.2 Å². The summed E-state index contributed by atoms with van der Waals surface area (Å²) in [5, 5.41) is 5.59. The first-order valence-electron chi connectivity index (χ1n) is 7.77. The zero-order chi connectivity index (χ0) is 15.0. The Bertz CT molecular complexity index is 500. The largest absolute Gasteiger partial charge is 0.375 e. The van der Waals surface area contributed by atoms with Gasteiger partial charge in [0, 0.05) is 17.5 Å². The van der Waals surface area contributed by atoms with Gasteiger partial charge < -0.3 is 9.64 Å². The van der Waals surface area contributed by atoms with Crippen molar-refractivity contribution in [2.75, 3.05) is 6.61 Å². The van der Waals surface area contributed by atoms with Crippen molar-refractivity contribution in [2.45, 2.75) is 63.9 Å². The molecule has 3 unspecified atom stereocenters. The average Bonchev–Trinajstić information content (AvgIpc) is 3.04. The lowest BCUT2D eigenvalue weighted by molar-refractivity contribution is -0.139. The zero-order valence-corrected chi connectivity index (χ0v) is 13.8. The van der Waals surface area contributed by atoms with E-state index in [0.717, 1.165) is 25.9 Å². The number of thiophene rings is 1. The Kier molecular flexibility index (Phi) is 4.08. The van der Waals surface area contributed by atoms with Crippen molar-refractivity contribution < 1.29 is 9.53 Å². The molecule has 0 aromatic carbocycles. The molecule has 2 aliphatic heterocycles. The van der Waals surface area contributed by atoms with Gasteiger partial charge in [0.2, 0.25) is 5.91 Å². The van der Waals surface area contributed by atoms with Crippen LogP contribution in [0.15, 0.2) is 17.5 Å². The topological polar surface area (TPSA) is 41.6 Å². The first kappa shape index (κ1) is 15.0. The summed E-state index contributed by atoms with van der Waals surface area (Å²) in [6.07, 6.45) is 2.69. The van der Waals surface area contributed by atoms with E-state index >= 15 is 0 Å². The summed E-state index contributed by atoms with van der Waals surface area (Å²) >= 11 is 1.71. The van der Waals surface area contributed by atoms with Gasteiger partial charge in [0.05, 0.1) is 11.6 Å². The maximum absolute atomic E-state index is 12.8. The molecule has 0 aliphatic carbocycles. The lowest BCUT2D eigenvalue weighted by Crippen LogP contribution is -2.48. The van der Waals surface area contributed by atoms with Gasteiger partial charge in [0.1, 0.15) is 6.17 Å². The monoisotopic (exact) mass is 308 g/mol. The molecule has 0 saturated carbocycles. The van der Waals surface area contributed by atoms with E-state index in [1.54, 1.807) is 11.3 Å². The minimum atomic E-state index is -0.145. The third-order valence-corrected chi connectivity index (χ3v) is 5.40. The molecular formula is C16H24N2O2S. The minimum Gasteiger partial charge on any atom is -0.375 e. The van der Waals surface area contributed by atoms with Crippen molar-refractivity contribution in [1.29, 1.82) is 0 Å². The molecule has 2 aliphatic rings. The standard InChI is InChI=1S/C16H24N2O2S/c1-4-12-15(19)18(11-7-8-20-16(2,3)10-11)14(17-12)13-6-5-9-21-13/h5-6,9,11-12,14,17H,4,7-8,10H2,1-3H3. The molecule has 2 saturated heterocycles. The van der Waals surface area contributed by atoms with Crippen molar-refractivity contribution >= 4 is 17.2 Å². The molecule has 4 nitrogen and oxygen atoms in total. The van der Waals surface area contributed by atoms with Crippen LogP contribution in [0.4, 0.5) is 0 Å². The molecule has 0 radical (unpaired) electrons. The van der Waals surface area contributed by atoms with E-state index in [1.165, 1.54) is 4.88 Å². The third kappa shape index (κ3) is 2.87. The Morgan fingerprint density at radius 1 is 1.52 bits per heavy atom. The van der Waals surface area contributed by atoms with Crippen LogP contribution in [0.1, 0.15) is 51.1 Å². The van der Waals surface area contributed by atoms with Gasteiger partial charge in [0.25, 0.3) is 0 Å². The van der Waals surface area contributed by atoms with Crippen molar-refractivity contribution in [3.8, 4) is 0 Å². The van der Waals surface area contributed by atoms with Crippen LogP contribution in [-0.4, -0.2) is 35.1 Å². The predicted molar refractivity (Wildman–Crippen MR) is 84.2 cm³/mol. The molecule has 1 N–H and O–H groups in total. The van der Waals surface area contributed by atoms with E-state index in [-0.39, 0.29) is 29.8 Å². The van der Waals surface area contributed by atoms with E-state index in [2.05, 4.69) is 48.5 Å². The maximum atomic E-state index is 12.8. The summed E-state index contributed by atoms with van der Waals surface area (Å²) in [4.78, 5) is 16.1. The Hall–Kier alpha value is -0.910. The normalized spacial score (nSPS) is 32.6. The van der Waals surface area contributed by atoms with Crippen LogP contribution in [0.2, 0.25) is 0 Å². The Balaban J connectivity index is 1.87. The van der Waals surface area contributed by atoms with E-state index in [9.17, 15) is 4.79 Å². The number of carbonyl (C=O) groups is 1. The minimum absolute atomic E-state index is 0.0290. The fourth-order valence-corrected chi connectivity index (χ4v) is 4.22. The van der Waals surface area contributed by atoms with Crippen LogP contribution >= 0.6 is 11.3 Å². The molecule has 2 fully saturated rings. The third-order valence-electron chi connectivity index (χ3n) is 4.48. The first-order chi connectivity index (χ1) is 10.0. The quantitative estimate of drug-likeness (QED) is 0.933. The number of rotatable bonds is 3. The number of nitrogens with one attached hydrogen (secondary N) is 1. The van der Waals surface area contributed by atoms with Gasteiger partial charge in [-0.3, -0.25) is 10.1 Å². The molecule has 116 valence electrons. The van der Waals surface area contributed by atoms with Crippen LogP contribution in [-0.2, 0) is 9.53 Å². The second kappa shape index (κ2) is 5.71. The molecule has 3 atom stereocenters. The SMILES string of the molecule is CCC1NC(c2cccs2)N(C2CCOC(C)(C)C2)C1=O. The van der Waals surface area contributed by atoms with E-state index in [4.69, 9.17) is 4.74 Å². The van der Waals surface area contributed by atoms with Gasteiger partial charge in [0.15, 0.2) is 0 Å². The second-order valence-electron chi connectivity index (χ2n) is 6.55. The lowest BCUT2D eigenvalue weighted by atomic mass is 9.92. The van der Waals surface area contributed by atoms with Crippen LogP contribution < -0.4 is 5.32 Å². The molecule has 3 heterocycles. The Morgan fingerprint density at radius 3 is 2.95 bits per heavy atom. The highest BCUT2D eigenvalue weighted by molar-refractivity contribution is 7.10. The number of amides is 1. The van der Waals surface area contributed by atoms with E-state index < -0.39 is 0 Å². The molecule has 1 aromatic rings. The van der Waals surface area contributed by atoms with Gasteiger partial charge in [-0.25, -0.2) is 0 Å². The van der Waals surface area contributed by atoms with Crippen LogP contribution in [0, 0.1) is 0 Å². The fourth-order valence-electron chi connectivity index (χ4n) is 3.44. The van der Waals surface area contributed by atoms with Gasteiger partial charge in [-0.2, -0.15) is 0 Å². The summed E-state index contributed by atoms with van der Waals surface area (Å²) in [6.45, 7) is 7.03. The Morgan fingerprint density at radius 2 is 2.33 bits per heavy atom. The molecule has 0 bridgehead atoms. The van der Waals surface area contributed by atoms with Crippen LogP contribution in [0.3, 0.4) is 0 Å². The van der Waals surface area contributed by atoms with Crippen molar-refractivity contribution in [3.63, 3.8) is 0 Å². The van der Waals surface area contributed by atoms with Crippen molar-refractivity contribution in [2.24, 2.45) is 0 Å². The van der Waals surface area contributed by atoms with Gasteiger partial charge >= 0.3 is 0 Å². The number of hydrogen-bond acceptors (Lipinski definition) is 4. The van der Waals surface area contributed by atoms with Gasteiger partial charge in [-0.05, 0) is 44.6 Å². The predicted octanol–water partition coefficient (Wildman–Crippen LogP) is 2.91. The highest BCUT2D eigenvalue weighted by Gasteiger charge is 2.45.